The van der Waals surface area contributed by atoms with Crippen LogP contribution in [0.5, 0.6) is 0 Å². The summed E-state index contributed by atoms with van der Waals surface area (Å²) in [5, 5.41) is 11.6. The Bertz CT molecular complexity index is 1140. The van der Waals surface area contributed by atoms with E-state index in [1.807, 2.05) is 0 Å². The second-order valence-corrected chi connectivity index (χ2v) is 6.61. The molecule has 0 atom stereocenters. The highest BCUT2D eigenvalue weighted by Gasteiger charge is 2.32. The minimum atomic E-state index is -4.60. The summed E-state index contributed by atoms with van der Waals surface area (Å²) in [7, 11) is 0. The van der Waals surface area contributed by atoms with Crippen molar-refractivity contribution in [1.82, 2.24) is 14.8 Å². The molecule has 0 aliphatic carbocycles. The third kappa shape index (κ3) is 4.29. The summed E-state index contributed by atoms with van der Waals surface area (Å²) in [6, 6.07) is 11.4. The molecule has 11 heteroatoms. The second kappa shape index (κ2) is 8.01. The molecule has 3 aromatic rings. The molecule has 0 bridgehead atoms. The predicted molar refractivity (Wildman–Crippen MR) is 106 cm³/mol. The smallest absolute Gasteiger partial charge is 0.319 e. The Kier molecular flexibility index (Phi) is 5.24. The van der Waals surface area contributed by atoms with Crippen LogP contribution in [-0.2, 0) is 15.8 Å². The Morgan fingerprint density at radius 1 is 1.06 bits per heavy atom. The second-order valence-electron chi connectivity index (χ2n) is 6.61. The monoisotopic (exact) mass is 428 g/mol. The minimum absolute atomic E-state index is 0.0189. The molecule has 2 heterocycles. The van der Waals surface area contributed by atoms with Crippen LogP contribution in [0.2, 0.25) is 0 Å². The van der Waals surface area contributed by atoms with Crippen LogP contribution in [0.1, 0.15) is 18.4 Å². The SMILES string of the molecule is O=C(Nc1cc(C(F)(F)F)ccc1-n1cncn1)C1=NN(c2ccccc2)C(=O)CC1. The van der Waals surface area contributed by atoms with Gasteiger partial charge in [0, 0.05) is 12.8 Å². The first-order valence-electron chi connectivity index (χ1n) is 9.16. The zero-order chi connectivity index (χ0) is 22.0. The first-order valence-corrected chi connectivity index (χ1v) is 9.16. The normalized spacial score (nSPS) is 14.4. The van der Waals surface area contributed by atoms with Gasteiger partial charge in [-0.15, -0.1) is 0 Å². The Balaban J connectivity index is 1.67. The number of benzene rings is 2. The molecule has 158 valence electrons. The fraction of sp³-hybridized carbons (Fsp3) is 0.150. The van der Waals surface area contributed by atoms with E-state index >= 15 is 0 Å². The van der Waals surface area contributed by atoms with E-state index in [2.05, 4.69) is 20.5 Å². The summed E-state index contributed by atoms with van der Waals surface area (Å²) in [6.07, 6.45) is -1.98. The van der Waals surface area contributed by atoms with Crippen LogP contribution in [0.15, 0.2) is 66.3 Å². The Morgan fingerprint density at radius 2 is 1.84 bits per heavy atom. The first-order chi connectivity index (χ1) is 14.8. The van der Waals surface area contributed by atoms with Crippen LogP contribution in [0.4, 0.5) is 24.5 Å². The average molecular weight is 428 g/mol. The molecular formula is C20H15F3N6O2. The van der Waals surface area contributed by atoms with E-state index < -0.39 is 17.6 Å². The van der Waals surface area contributed by atoms with Crippen molar-refractivity contribution in [1.29, 1.82) is 0 Å². The average Bonchev–Trinajstić information content (AvgIpc) is 3.28. The molecule has 0 saturated heterocycles. The molecule has 1 aliphatic heterocycles. The number of hydrogen-bond donors (Lipinski definition) is 1. The molecule has 1 N–H and O–H groups in total. The van der Waals surface area contributed by atoms with Gasteiger partial charge in [-0.1, -0.05) is 18.2 Å². The van der Waals surface area contributed by atoms with Crippen molar-refractivity contribution in [2.45, 2.75) is 19.0 Å². The van der Waals surface area contributed by atoms with Gasteiger partial charge in [0.25, 0.3) is 5.91 Å². The summed E-state index contributed by atoms with van der Waals surface area (Å²) in [5.41, 5.74) is -0.342. The molecular weight excluding hydrogens is 413 g/mol. The van der Waals surface area contributed by atoms with E-state index in [0.717, 1.165) is 17.1 Å². The lowest BCUT2D eigenvalue weighted by molar-refractivity contribution is -0.137. The largest absolute Gasteiger partial charge is 0.416 e. The number of hydrogen-bond acceptors (Lipinski definition) is 5. The zero-order valence-corrected chi connectivity index (χ0v) is 15.9. The zero-order valence-electron chi connectivity index (χ0n) is 15.9. The Labute approximate surface area is 174 Å². The third-order valence-corrected chi connectivity index (χ3v) is 4.53. The van der Waals surface area contributed by atoms with Crippen molar-refractivity contribution in [3.05, 3.63) is 66.7 Å². The van der Waals surface area contributed by atoms with Gasteiger partial charge in [-0.05, 0) is 30.3 Å². The fourth-order valence-electron chi connectivity index (χ4n) is 3.03. The van der Waals surface area contributed by atoms with Crippen LogP contribution >= 0.6 is 0 Å². The summed E-state index contributed by atoms with van der Waals surface area (Å²) in [6.45, 7) is 0. The van der Waals surface area contributed by atoms with E-state index in [-0.39, 0.29) is 35.8 Å². The number of halogens is 3. The number of nitrogens with one attached hydrogen (secondary N) is 1. The molecule has 0 saturated carbocycles. The van der Waals surface area contributed by atoms with Crippen molar-refractivity contribution in [2.75, 3.05) is 10.3 Å². The number of anilines is 2. The van der Waals surface area contributed by atoms with Gasteiger partial charge in [0.15, 0.2) is 0 Å². The number of hydrazone groups is 1. The lowest BCUT2D eigenvalue weighted by Gasteiger charge is -2.23. The maximum Gasteiger partial charge on any atom is 0.416 e. The summed E-state index contributed by atoms with van der Waals surface area (Å²) >= 11 is 0. The predicted octanol–water partition coefficient (Wildman–Crippen LogP) is 3.41. The molecule has 8 nitrogen and oxygen atoms in total. The summed E-state index contributed by atoms with van der Waals surface area (Å²) in [4.78, 5) is 28.8. The Morgan fingerprint density at radius 3 is 2.52 bits per heavy atom. The molecule has 0 fully saturated rings. The Hall–Kier alpha value is -4.02. The first kappa shape index (κ1) is 20.3. The van der Waals surface area contributed by atoms with Crippen LogP contribution < -0.4 is 10.3 Å². The lowest BCUT2D eigenvalue weighted by Crippen LogP contribution is -2.36. The van der Waals surface area contributed by atoms with Gasteiger partial charge >= 0.3 is 6.18 Å². The summed E-state index contributed by atoms with van der Waals surface area (Å²) in [5.74, 6) is -1.00. The number of nitrogens with zero attached hydrogens (tertiary/aromatic N) is 5. The maximum absolute atomic E-state index is 13.2. The third-order valence-electron chi connectivity index (χ3n) is 4.53. The van der Waals surface area contributed by atoms with Gasteiger partial charge in [0.05, 0.1) is 22.6 Å². The molecule has 4 rings (SSSR count). The molecule has 0 unspecified atom stereocenters. The van der Waals surface area contributed by atoms with Crippen molar-refractivity contribution < 1.29 is 22.8 Å². The molecule has 2 amide bonds. The molecule has 0 radical (unpaired) electrons. The van der Waals surface area contributed by atoms with Gasteiger partial charge in [-0.3, -0.25) is 9.59 Å². The van der Waals surface area contributed by atoms with Gasteiger partial charge in [0.1, 0.15) is 18.4 Å². The standard InChI is InChI=1S/C20H15F3N6O2/c21-20(22,23)13-6-8-17(28-12-24-11-25-28)16(10-13)26-19(31)15-7-9-18(30)29(27-15)14-4-2-1-3-5-14/h1-6,8,10-12H,7,9H2,(H,26,31). The van der Waals surface area contributed by atoms with E-state index in [1.54, 1.807) is 30.3 Å². The number of rotatable bonds is 4. The van der Waals surface area contributed by atoms with Gasteiger partial charge < -0.3 is 5.32 Å². The molecule has 31 heavy (non-hydrogen) atoms. The number of alkyl halides is 3. The van der Waals surface area contributed by atoms with E-state index in [1.165, 1.54) is 23.4 Å². The summed E-state index contributed by atoms with van der Waals surface area (Å²) < 4.78 is 40.8. The quantitative estimate of drug-likeness (QED) is 0.689. The van der Waals surface area contributed by atoms with E-state index in [0.29, 0.717) is 5.69 Å². The van der Waals surface area contributed by atoms with Crippen LogP contribution in [0.3, 0.4) is 0 Å². The minimum Gasteiger partial charge on any atom is -0.319 e. The highest BCUT2D eigenvalue weighted by molar-refractivity contribution is 6.44. The number of amides is 2. The molecule has 1 aliphatic rings. The van der Waals surface area contributed by atoms with Crippen molar-refractivity contribution in [3.63, 3.8) is 0 Å². The fourth-order valence-corrected chi connectivity index (χ4v) is 3.03. The van der Waals surface area contributed by atoms with E-state index in [9.17, 15) is 22.8 Å². The highest BCUT2D eigenvalue weighted by Crippen LogP contribution is 2.33. The van der Waals surface area contributed by atoms with E-state index in [4.69, 9.17) is 0 Å². The van der Waals surface area contributed by atoms with Crippen molar-refractivity contribution >= 4 is 28.9 Å². The number of carbonyl (C=O) groups excluding carboxylic acids is 2. The number of para-hydroxylation sites is 1. The molecule has 2 aromatic carbocycles. The van der Waals surface area contributed by atoms with Crippen LogP contribution in [0.25, 0.3) is 5.69 Å². The maximum atomic E-state index is 13.2. The molecule has 0 spiro atoms. The topological polar surface area (TPSA) is 92.5 Å². The van der Waals surface area contributed by atoms with Crippen LogP contribution in [0, 0.1) is 0 Å². The van der Waals surface area contributed by atoms with Gasteiger partial charge in [-0.2, -0.15) is 23.4 Å². The highest BCUT2D eigenvalue weighted by atomic mass is 19.4. The van der Waals surface area contributed by atoms with Crippen molar-refractivity contribution in [2.24, 2.45) is 5.10 Å². The van der Waals surface area contributed by atoms with Gasteiger partial charge in [0.2, 0.25) is 5.91 Å². The van der Waals surface area contributed by atoms with Crippen LogP contribution in [-0.4, -0.2) is 32.3 Å². The number of aromatic nitrogens is 3. The van der Waals surface area contributed by atoms with Crippen molar-refractivity contribution in [3.8, 4) is 5.69 Å². The molecule has 1 aromatic heterocycles. The lowest BCUT2D eigenvalue weighted by atomic mass is 10.1. The van der Waals surface area contributed by atoms with Gasteiger partial charge in [-0.25, -0.2) is 14.7 Å². The number of carbonyl (C=O) groups is 2.